The second kappa shape index (κ2) is 7.70. The summed E-state index contributed by atoms with van der Waals surface area (Å²) in [6.45, 7) is 4.61. The molecule has 6 rings (SSSR count). The highest BCUT2D eigenvalue weighted by Gasteiger charge is 2.53. The first kappa shape index (κ1) is 20.4. The Hall–Kier alpha value is -3.19. The van der Waals surface area contributed by atoms with Crippen molar-refractivity contribution in [3.63, 3.8) is 0 Å². The van der Waals surface area contributed by atoms with Crippen molar-refractivity contribution in [1.29, 1.82) is 0 Å². The van der Waals surface area contributed by atoms with E-state index in [1.165, 1.54) is 5.69 Å². The standard InChI is InChI=1S/C26H29N5O2/c1-28-14-16-29(17-15-28)20-10-8-19(9-11-20)18-30-24(33)26(12-4-5-13-26)31-23(32)21-6-2-3-7-22(21)27-25(30)31/h2-3,6-11H,4-5,12-18H2,1H3. The van der Waals surface area contributed by atoms with Crippen molar-refractivity contribution in [2.75, 3.05) is 43.0 Å². The Morgan fingerprint density at radius 2 is 1.61 bits per heavy atom. The van der Waals surface area contributed by atoms with Gasteiger partial charge in [0.15, 0.2) is 0 Å². The number of rotatable bonds is 3. The van der Waals surface area contributed by atoms with Crippen LogP contribution in [-0.2, 0) is 16.9 Å². The maximum atomic E-state index is 13.8. The number of piperazine rings is 1. The molecule has 33 heavy (non-hydrogen) atoms. The molecule has 1 spiro atoms. The van der Waals surface area contributed by atoms with Gasteiger partial charge in [0.25, 0.3) is 11.5 Å². The monoisotopic (exact) mass is 443 g/mol. The zero-order chi connectivity index (χ0) is 22.6. The molecular formula is C26H29N5O2. The van der Waals surface area contributed by atoms with Crippen molar-refractivity contribution < 1.29 is 4.79 Å². The summed E-state index contributed by atoms with van der Waals surface area (Å²) in [5.74, 6) is 0.511. The van der Waals surface area contributed by atoms with Crippen LogP contribution in [0.1, 0.15) is 31.2 Å². The number of benzene rings is 2. The lowest BCUT2D eigenvalue weighted by molar-refractivity contribution is -0.125. The summed E-state index contributed by atoms with van der Waals surface area (Å²) in [6, 6.07) is 15.9. The first-order valence-corrected chi connectivity index (χ1v) is 11.9. The van der Waals surface area contributed by atoms with Crippen LogP contribution in [0, 0.1) is 0 Å². The van der Waals surface area contributed by atoms with E-state index >= 15 is 0 Å². The maximum absolute atomic E-state index is 13.8. The average molecular weight is 444 g/mol. The second-order valence-electron chi connectivity index (χ2n) is 9.66. The van der Waals surface area contributed by atoms with Gasteiger partial charge in [-0.1, -0.05) is 37.1 Å². The highest BCUT2D eigenvalue weighted by atomic mass is 16.2. The summed E-state index contributed by atoms with van der Waals surface area (Å²) >= 11 is 0. The third-order valence-electron chi connectivity index (χ3n) is 7.65. The van der Waals surface area contributed by atoms with Gasteiger partial charge in [-0.25, -0.2) is 4.98 Å². The summed E-state index contributed by atoms with van der Waals surface area (Å²) < 4.78 is 1.71. The smallest absolute Gasteiger partial charge is 0.263 e. The molecule has 2 fully saturated rings. The van der Waals surface area contributed by atoms with Crippen LogP contribution in [0.3, 0.4) is 0 Å². The van der Waals surface area contributed by atoms with Gasteiger partial charge in [-0.3, -0.25) is 19.1 Å². The molecule has 0 bridgehead atoms. The highest BCUT2D eigenvalue weighted by molar-refractivity contribution is 6.02. The summed E-state index contributed by atoms with van der Waals surface area (Å²) in [4.78, 5) is 38.6. The minimum Gasteiger partial charge on any atom is -0.369 e. The predicted octanol–water partition coefficient (Wildman–Crippen LogP) is 2.96. The number of fused-ring (bicyclic) bond motifs is 3. The zero-order valence-corrected chi connectivity index (χ0v) is 19.0. The van der Waals surface area contributed by atoms with Gasteiger partial charge >= 0.3 is 0 Å². The number of amides is 1. The largest absolute Gasteiger partial charge is 0.369 e. The molecule has 7 nitrogen and oxygen atoms in total. The van der Waals surface area contributed by atoms with Gasteiger partial charge in [-0.05, 0) is 49.7 Å². The molecule has 1 saturated heterocycles. The Labute approximate surface area is 193 Å². The minimum absolute atomic E-state index is 0.0167. The van der Waals surface area contributed by atoms with Crippen LogP contribution in [-0.4, -0.2) is 53.6 Å². The molecule has 3 heterocycles. The first-order valence-electron chi connectivity index (χ1n) is 11.9. The van der Waals surface area contributed by atoms with Gasteiger partial charge in [0, 0.05) is 31.9 Å². The summed E-state index contributed by atoms with van der Waals surface area (Å²) in [5, 5.41) is 0.582. The number of hydrogen-bond donors (Lipinski definition) is 0. The molecule has 1 aromatic heterocycles. The van der Waals surface area contributed by atoms with Gasteiger partial charge in [0.05, 0.1) is 17.4 Å². The van der Waals surface area contributed by atoms with Gasteiger partial charge in [-0.2, -0.15) is 0 Å². The molecule has 0 N–H and O–H groups in total. The van der Waals surface area contributed by atoms with Crippen LogP contribution in [0.15, 0.2) is 53.3 Å². The van der Waals surface area contributed by atoms with E-state index in [1.807, 2.05) is 24.3 Å². The van der Waals surface area contributed by atoms with E-state index in [4.69, 9.17) is 4.98 Å². The molecule has 2 aromatic carbocycles. The lowest BCUT2D eigenvalue weighted by Crippen LogP contribution is -2.44. The number of hydrogen-bond acceptors (Lipinski definition) is 5. The molecule has 1 aliphatic carbocycles. The molecule has 2 aliphatic heterocycles. The van der Waals surface area contributed by atoms with Crippen molar-refractivity contribution in [2.45, 2.75) is 37.8 Å². The fourth-order valence-corrected chi connectivity index (χ4v) is 5.72. The number of likely N-dealkylation sites (N-methyl/N-ethyl adjacent to an activating group) is 1. The Bertz CT molecular complexity index is 1270. The van der Waals surface area contributed by atoms with Crippen molar-refractivity contribution >= 4 is 28.4 Å². The Morgan fingerprint density at radius 1 is 0.909 bits per heavy atom. The van der Waals surface area contributed by atoms with E-state index in [0.717, 1.165) is 44.6 Å². The van der Waals surface area contributed by atoms with Gasteiger partial charge in [-0.15, -0.1) is 0 Å². The normalized spacial score (nSPS) is 20.2. The predicted molar refractivity (Wildman–Crippen MR) is 130 cm³/mol. The van der Waals surface area contributed by atoms with Crippen LogP contribution in [0.4, 0.5) is 11.6 Å². The molecule has 0 unspecified atom stereocenters. The first-order chi connectivity index (χ1) is 16.1. The third kappa shape index (κ3) is 3.17. The van der Waals surface area contributed by atoms with Crippen LogP contribution < -0.4 is 15.4 Å². The van der Waals surface area contributed by atoms with E-state index in [1.54, 1.807) is 9.47 Å². The van der Waals surface area contributed by atoms with E-state index in [0.29, 0.717) is 36.2 Å². The number of carbonyl (C=O) groups excluding carboxylic acids is 1. The molecule has 7 heteroatoms. The van der Waals surface area contributed by atoms with E-state index in [-0.39, 0.29) is 11.5 Å². The van der Waals surface area contributed by atoms with Crippen LogP contribution in [0.2, 0.25) is 0 Å². The topological polar surface area (TPSA) is 61.7 Å². The lowest BCUT2D eigenvalue weighted by atomic mass is 9.96. The summed E-state index contributed by atoms with van der Waals surface area (Å²) in [5.41, 5.74) is 2.03. The zero-order valence-electron chi connectivity index (χ0n) is 19.0. The van der Waals surface area contributed by atoms with Crippen LogP contribution >= 0.6 is 0 Å². The SMILES string of the molecule is CN1CCN(c2ccc(CN3C(=O)C4(CCCC4)n4c3nc3ccccc3c4=O)cc2)CC1. The molecule has 0 radical (unpaired) electrons. The molecule has 3 aromatic rings. The van der Waals surface area contributed by atoms with Crippen molar-refractivity contribution in [1.82, 2.24) is 14.5 Å². The van der Waals surface area contributed by atoms with Crippen molar-refractivity contribution in [2.24, 2.45) is 0 Å². The van der Waals surface area contributed by atoms with E-state index in [9.17, 15) is 9.59 Å². The third-order valence-corrected chi connectivity index (χ3v) is 7.65. The Morgan fingerprint density at radius 3 is 2.33 bits per heavy atom. The molecule has 170 valence electrons. The fraction of sp³-hybridized carbons (Fsp3) is 0.423. The molecule has 0 atom stereocenters. The average Bonchev–Trinajstić information content (AvgIpc) is 3.41. The molecule has 1 amide bonds. The van der Waals surface area contributed by atoms with Gasteiger partial charge < -0.3 is 9.80 Å². The van der Waals surface area contributed by atoms with Gasteiger partial charge in [0.1, 0.15) is 5.54 Å². The Balaban J connectivity index is 1.36. The fourth-order valence-electron chi connectivity index (χ4n) is 5.72. The second-order valence-corrected chi connectivity index (χ2v) is 9.66. The van der Waals surface area contributed by atoms with Crippen molar-refractivity contribution in [3.8, 4) is 0 Å². The number of nitrogens with zero attached hydrogens (tertiary/aromatic N) is 5. The highest BCUT2D eigenvalue weighted by Crippen LogP contribution is 2.45. The number of para-hydroxylation sites is 1. The molecule has 3 aliphatic rings. The lowest BCUT2D eigenvalue weighted by Gasteiger charge is -2.34. The van der Waals surface area contributed by atoms with Crippen LogP contribution in [0.25, 0.3) is 10.9 Å². The van der Waals surface area contributed by atoms with Crippen molar-refractivity contribution in [3.05, 3.63) is 64.4 Å². The Kier molecular flexibility index (Phi) is 4.76. The summed E-state index contributed by atoms with van der Waals surface area (Å²) in [6.07, 6.45) is 3.32. The molecular weight excluding hydrogens is 414 g/mol. The van der Waals surface area contributed by atoms with E-state index in [2.05, 4.69) is 41.1 Å². The minimum atomic E-state index is -0.775. The van der Waals surface area contributed by atoms with E-state index < -0.39 is 5.54 Å². The van der Waals surface area contributed by atoms with Crippen LogP contribution in [0.5, 0.6) is 0 Å². The summed E-state index contributed by atoms with van der Waals surface area (Å²) in [7, 11) is 2.16. The maximum Gasteiger partial charge on any atom is 0.263 e. The number of anilines is 2. The van der Waals surface area contributed by atoms with Gasteiger partial charge in [0.2, 0.25) is 5.95 Å². The molecule has 1 saturated carbocycles. The number of carbonyl (C=O) groups is 1. The quantitative estimate of drug-likeness (QED) is 0.623. The number of aromatic nitrogens is 2.